The van der Waals surface area contributed by atoms with Crippen LogP contribution in [0, 0.1) is 5.92 Å². The third-order valence-corrected chi connectivity index (χ3v) is 3.45. The molecular weight excluding hydrogens is 292 g/mol. The molecule has 0 saturated heterocycles. The van der Waals surface area contributed by atoms with Crippen LogP contribution in [0.1, 0.15) is 40.5 Å². The number of anilines is 1. The molecule has 0 aromatic heterocycles. The van der Waals surface area contributed by atoms with E-state index in [2.05, 4.69) is 19.2 Å². The number of carbonyl (C=O) groups is 2. The minimum absolute atomic E-state index is 0.0252. The van der Waals surface area contributed by atoms with Crippen molar-refractivity contribution in [2.75, 3.05) is 24.6 Å². The van der Waals surface area contributed by atoms with Crippen LogP contribution < -0.4 is 15.0 Å². The van der Waals surface area contributed by atoms with Crippen molar-refractivity contribution in [3.8, 4) is 5.75 Å². The Bertz CT molecular complexity index is 497. The van der Waals surface area contributed by atoms with Gasteiger partial charge in [-0.25, -0.2) is 0 Å². The molecule has 0 radical (unpaired) electrons. The third-order valence-electron chi connectivity index (χ3n) is 3.45. The fourth-order valence-electron chi connectivity index (χ4n) is 2.16. The van der Waals surface area contributed by atoms with Crippen molar-refractivity contribution in [2.45, 2.75) is 40.5 Å². The van der Waals surface area contributed by atoms with E-state index in [0.717, 1.165) is 17.9 Å². The summed E-state index contributed by atoms with van der Waals surface area (Å²) in [5.74, 6) is 1.23. The molecule has 128 valence electrons. The summed E-state index contributed by atoms with van der Waals surface area (Å²) in [7, 11) is 0. The highest BCUT2D eigenvalue weighted by Gasteiger charge is 2.13. The number of rotatable bonds is 9. The molecule has 0 bridgehead atoms. The van der Waals surface area contributed by atoms with Gasteiger partial charge in [0.05, 0.1) is 6.61 Å². The lowest BCUT2D eigenvalue weighted by Crippen LogP contribution is -2.34. The Hall–Kier alpha value is -2.04. The predicted octanol–water partition coefficient (Wildman–Crippen LogP) is 2.99. The minimum atomic E-state index is -0.0795. The van der Waals surface area contributed by atoms with Crippen LogP contribution in [-0.4, -0.2) is 31.5 Å². The van der Waals surface area contributed by atoms with Crippen LogP contribution in [0.3, 0.4) is 0 Å². The van der Waals surface area contributed by atoms with Gasteiger partial charge in [-0.3, -0.25) is 9.59 Å². The molecule has 1 aromatic rings. The van der Waals surface area contributed by atoms with E-state index in [1.54, 1.807) is 4.90 Å². The number of benzene rings is 1. The van der Waals surface area contributed by atoms with E-state index < -0.39 is 0 Å². The summed E-state index contributed by atoms with van der Waals surface area (Å²) in [5.41, 5.74) is 0.774. The smallest absolute Gasteiger partial charge is 0.223 e. The largest absolute Gasteiger partial charge is 0.494 e. The van der Waals surface area contributed by atoms with Crippen LogP contribution in [0.25, 0.3) is 0 Å². The lowest BCUT2D eigenvalue weighted by Gasteiger charge is -2.21. The number of amides is 2. The lowest BCUT2D eigenvalue weighted by atomic mass is 10.1. The summed E-state index contributed by atoms with van der Waals surface area (Å²) < 4.78 is 5.40. The molecule has 23 heavy (non-hydrogen) atoms. The van der Waals surface area contributed by atoms with Gasteiger partial charge in [0.2, 0.25) is 11.8 Å². The van der Waals surface area contributed by atoms with Crippen molar-refractivity contribution in [2.24, 2.45) is 5.92 Å². The molecule has 0 aliphatic carbocycles. The number of ether oxygens (including phenoxy) is 1. The fraction of sp³-hybridized carbons (Fsp3) is 0.556. The van der Waals surface area contributed by atoms with Crippen molar-refractivity contribution in [1.29, 1.82) is 0 Å². The van der Waals surface area contributed by atoms with Gasteiger partial charge >= 0.3 is 0 Å². The van der Waals surface area contributed by atoms with Crippen LogP contribution in [0.5, 0.6) is 5.75 Å². The first-order valence-corrected chi connectivity index (χ1v) is 8.21. The van der Waals surface area contributed by atoms with Gasteiger partial charge < -0.3 is 15.0 Å². The van der Waals surface area contributed by atoms with Crippen molar-refractivity contribution < 1.29 is 14.3 Å². The maximum atomic E-state index is 11.9. The van der Waals surface area contributed by atoms with Gasteiger partial charge in [-0.05, 0) is 43.5 Å². The van der Waals surface area contributed by atoms with Crippen LogP contribution in [0.2, 0.25) is 0 Å². The average molecular weight is 320 g/mol. The zero-order chi connectivity index (χ0) is 17.2. The Morgan fingerprint density at radius 2 is 1.87 bits per heavy atom. The van der Waals surface area contributed by atoms with E-state index in [0.29, 0.717) is 32.0 Å². The Labute approximate surface area is 139 Å². The highest BCUT2D eigenvalue weighted by Crippen LogP contribution is 2.20. The second kappa shape index (κ2) is 9.87. The Morgan fingerprint density at radius 3 is 2.39 bits per heavy atom. The van der Waals surface area contributed by atoms with Gasteiger partial charge in [-0.2, -0.15) is 0 Å². The summed E-state index contributed by atoms with van der Waals surface area (Å²) in [4.78, 5) is 25.3. The molecule has 0 spiro atoms. The van der Waals surface area contributed by atoms with Gasteiger partial charge in [0.15, 0.2) is 0 Å². The van der Waals surface area contributed by atoms with Crippen molar-refractivity contribution in [3.05, 3.63) is 24.3 Å². The molecule has 0 saturated carbocycles. The van der Waals surface area contributed by atoms with Gasteiger partial charge in [-0.15, -0.1) is 0 Å². The van der Waals surface area contributed by atoms with Crippen LogP contribution in [-0.2, 0) is 9.59 Å². The highest BCUT2D eigenvalue weighted by molar-refractivity contribution is 5.92. The highest BCUT2D eigenvalue weighted by atomic mass is 16.5. The van der Waals surface area contributed by atoms with E-state index in [1.807, 2.05) is 31.2 Å². The first kappa shape index (κ1) is 19.0. The molecule has 5 heteroatoms. The van der Waals surface area contributed by atoms with Gasteiger partial charge in [0.1, 0.15) is 5.75 Å². The van der Waals surface area contributed by atoms with Gasteiger partial charge in [0, 0.05) is 32.1 Å². The summed E-state index contributed by atoms with van der Waals surface area (Å²) in [6.07, 6.45) is 1.26. The molecule has 0 unspecified atom stereocenters. The van der Waals surface area contributed by atoms with Crippen molar-refractivity contribution >= 4 is 17.5 Å². The second-order valence-corrected chi connectivity index (χ2v) is 5.88. The molecule has 0 heterocycles. The van der Waals surface area contributed by atoms with E-state index in [9.17, 15) is 9.59 Å². The summed E-state index contributed by atoms with van der Waals surface area (Å²) in [6, 6.07) is 7.33. The number of hydrogen-bond acceptors (Lipinski definition) is 3. The molecule has 1 N–H and O–H groups in total. The summed E-state index contributed by atoms with van der Waals surface area (Å²) >= 11 is 0. The van der Waals surface area contributed by atoms with Crippen LogP contribution in [0.4, 0.5) is 5.69 Å². The molecule has 2 amide bonds. The summed E-state index contributed by atoms with van der Waals surface area (Å²) in [6.45, 7) is 9.33. The zero-order valence-electron chi connectivity index (χ0n) is 14.6. The SMILES string of the molecule is CCOc1ccc(N(CCC(=O)NCCC(C)C)C(C)=O)cc1. The molecular formula is C18H28N2O3. The Morgan fingerprint density at radius 1 is 1.22 bits per heavy atom. The predicted molar refractivity (Wildman–Crippen MR) is 92.7 cm³/mol. The molecule has 0 fully saturated rings. The van der Waals surface area contributed by atoms with E-state index in [1.165, 1.54) is 6.92 Å². The lowest BCUT2D eigenvalue weighted by molar-refractivity contribution is -0.121. The van der Waals surface area contributed by atoms with Crippen LogP contribution in [0.15, 0.2) is 24.3 Å². The number of nitrogens with zero attached hydrogens (tertiary/aromatic N) is 1. The quantitative estimate of drug-likeness (QED) is 0.761. The normalized spacial score (nSPS) is 10.5. The van der Waals surface area contributed by atoms with Crippen molar-refractivity contribution in [3.63, 3.8) is 0 Å². The number of hydrogen-bond donors (Lipinski definition) is 1. The number of carbonyl (C=O) groups excluding carboxylic acids is 2. The minimum Gasteiger partial charge on any atom is -0.494 e. The van der Waals surface area contributed by atoms with Crippen LogP contribution >= 0.6 is 0 Å². The first-order valence-electron chi connectivity index (χ1n) is 8.21. The van der Waals surface area contributed by atoms with Gasteiger partial charge in [-0.1, -0.05) is 13.8 Å². The maximum Gasteiger partial charge on any atom is 0.223 e. The first-order chi connectivity index (χ1) is 10.9. The zero-order valence-corrected chi connectivity index (χ0v) is 14.6. The second-order valence-electron chi connectivity index (χ2n) is 5.88. The number of nitrogens with one attached hydrogen (secondary N) is 1. The summed E-state index contributed by atoms with van der Waals surface area (Å²) in [5, 5.41) is 2.89. The molecule has 1 rings (SSSR count). The fourth-order valence-corrected chi connectivity index (χ4v) is 2.16. The maximum absolute atomic E-state index is 11.9. The topological polar surface area (TPSA) is 58.6 Å². The molecule has 0 atom stereocenters. The van der Waals surface area contributed by atoms with Gasteiger partial charge in [0.25, 0.3) is 0 Å². The Balaban J connectivity index is 2.55. The standard InChI is InChI=1S/C18H28N2O3/c1-5-23-17-8-6-16(7-9-17)20(15(4)21)13-11-18(22)19-12-10-14(2)3/h6-9,14H,5,10-13H2,1-4H3,(H,19,22). The van der Waals surface area contributed by atoms with Crippen molar-refractivity contribution in [1.82, 2.24) is 5.32 Å². The molecule has 0 aliphatic heterocycles. The molecule has 1 aromatic carbocycles. The molecule has 0 aliphatic rings. The van der Waals surface area contributed by atoms with E-state index >= 15 is 0 Å². The van der Waals surface area contributed by atoms with E-state index in [4.69, 9.17) is 4.74 Å². The monoisotopic (exact) mass is 320 g/mol. The third kappa shape index (κ3) is 7.17. The Kier molecular flexibility index (Phi) is 8.16. The van der Waals surface area contributed by atoms with E-state index in [-0.39, 0.29) is 11.8 Å². The average Bonchev–Trinajstić information content (AvgIpc) is 2.48. The molecule has 5 nitrogen and oxygen atoms in total.